The Morgan fingerprint density at radius 3 is 2.90 bits per heavy atom. The van der Waals surface area contributed by atoms with E-state index >= 15 is 0 Å². The van der Waals surface area contributed by atoms with Crippen molar-refractivity contribution in [2.45, 2.75) is 17.7 Å². The first-order valence-electron chi connectivity index (χ1n) is 5.48. The molecule has 0 bridgehead atoms. The van der Waals surface area contributed by atoms with Gasteiger partial charge in [-0.05, 0) is 24.1 Å². The molecule has 7 nitrogen and oxygen atoms in total. The molecule has 0 radical (unpaired) electrons. The minimum Gasteiger partial charge on any atom is -0.476 e. The Morgan fingerprint density at radius 2 is 2.25 bits per heavy atom. The number of nitrogens with zero attached hydrogens (tertiary/aromatic N) is 2. The van der Waals surface area contributed by atoms with Gasteiger partial charge in [0, 0.05) is 18.9 Å². The topological polar surface area (TPSA) is 109 Å². The van der Waals surface area contributed by atoms with Gasteiger partial charge >= 0.3 is 5.97 Å². The maximum absolute atomic E-state index is 12.1. The lowest BCUT2D eigenvalue weighted by Gasteiger charge is -2.07. The van der Waals surface area contributed by atoms with E-state index in [1.54, 1.807) is 18.5 Å². The van der Waals surface area contributed by atoms with Gasteiger partial charge in [0.2, 0.25) is 0 Å². The van der Waals surface area contributed by atoms with Gasteiger partial charge in [-0.15, -0.1) is 11.3 Å². The van der Waals surface area contributed by atoms with Crippen LogP contribution in [0.2, 0.25) is 0 Å². The van der Waals surface area contributed by atoms with Crippen LogP contribution in [0, 0.1) is 6.92 Å². The number of hydrogen-bond donors (Lipinski definition) is 2. The Balaban J connectivity index is 2.22. The van der Waals surface area contributed by atoms with E-state index in [2.05, 4.69) is 14.7 Å². The summed E-state index contributed by atoms with van der Waals surface area (Å²) < 4.78 is 26.2. The van der Waals surface area contributed by atoms with Crippen molar-refractivity contribution in [2.75, 3.05) is 0 Å². The first kappa shape index (κ1) is 14.6. The lowest BCUT2D eigenvalue weighted by Crippen LogP contribution is -2.24. The summed E-state index contributed by atoms with van der Waals surface area (Å²) in [4.78, 5) is 18.4. The summed E-state index contributed by atoms with van der Waals surface area (Å²) in [5, 5.41) is 8.89. The van der Waals surface area contributed by atoms with Gasteiger partial charge in [-0.2, -0.15) is 0 Å². The van der Waals surface area contributed by atoms with Crippen LogP contribution in [0.1, 0.15) is 21.6 Å². The van der Waals surface area contributed by atoms with Crippen LogP contribution < -0.4 is 4.72 Å². The summed E-state index contributed by atoms with van der Waals surface area (Å²) in [6.45, 7) is 1.87. The summed E-state index contributed by atoms with van der Waals surface area (Å²) in [7, 11) is -3.90. The van der Waals surface area contributed by atoms with Crippen LogP contribution in [0.3, 0.4) is 0 Å². The molecule has 0 aliphatic heterocycles. The maximum Gasteiger partial charge on any atom is 0.356 e. The first-order chi connectivity index (χ1) is 9.42. The predicted molar refractivity (Wildman–Crippen MR) is 72.1 cm³/mol. The number of hydrogen-bond acceptors (Lipinski definition) is 6. The summed E-state index contributed by atoms with van der Waals surface area (Å²) in [6.07, 6.45) is 3.19. The van der Waals surface area contributed by atoms with Crippen LogP contribution >= 0.6 is 11.3 Å². The molecule has 2 rings (SSSR count). The van der Waals surface area contributed by atoms with E-state index in [1.165, 1.54) is 5.51 Å². The number of nitrogens with one attached hydrogen (secondary N) is 1. The number of aryl methyl sites for hydroxylation is 1. The third-order valence-corrected chi connectivity index (χ3v) is 5.34. The van der Waals surface area contributed by atoms with Crippen molar-refractivity contribution in [3.63, 3.8) is 0 Å². The monoisotopic (exact) mass is 313 g/mol. The van der Waals surface area contributed by atoms with Crippen LogP contribution in [-0.2, 0) is 16.6 Å². The fraction of sp³-hybridized carbons (Fsp3) is 0.182. The first-order valence-corrected chi connectivity index (χ1v) is 7.84. The molecule has 0 saturated heterocycles. The molecular weight excluding hydrogens is 302 g/mol. The molecule has 0 spiro atoms. The van der Waals surface area contributed by atoms with Crippen molar-refractivity contribution in [3.05, 3.63) is 40.8 Å². The summed E-state index contributed by atoms with van der Waals surface area (Å²) >= 11 is 0.769. The molecule has 0 unspecified atom stereocenters. The van der Waals surface area contributed by atoms with Crippen molar-refractivity contribution >= 4 is 27.3 Å². The normalized spacial score (nSPS) is 11.4. The Morgan fingerprint density at radius 1 is 1.50 bits per heavy atom. The average molecular weight is 313 g/mol. The Bertz CT molecular complexity index is 740. The predicted octanol–water partition coefficient (Wildman–Crippen LogP) is 1.02. The smallest absolute Gasteiger partial charge is 0.356 e. The van der Waals surface area contributed by atoms with E-state index in [1.807, 2.05) is 6.92 Å². The van der Waals surface area contributed by atoms with Crippen LogP contribution in [0.25, 0.3) is 0 Å². The molecule has 0 aliphatic carbocycles. The van der Waals surface area contributed by atoms with Gasteiger partial charge in [0.15, 0.2) is 9.90 Å². The molecule has 2 N–H and O–H groups in total. The minimum absolute atomic E-state index is 0.0631. The van der Waals surface area contributed by atoms with E-state index in [4.69, 9.17) is 5.11 Å². The second-order valence-electron chi connectivity index (χ2n) is 3.92. The van der Waals surface area contributed by atoms with Crippen molar-refractivity contribution in [2.24, 2.45) is 0 Å². The lowest BCUT2D eigenvalue weighted by molar-refractivity contribution is 0.0687. The van der Waals surface area contributed by atoms with E-state index in [-0.39, 0.29) is 10.8 Å². The fourth-order valence-corrected chi connectivity index (χ4v) is 3.70. The molecule has 106 valence electrons. The van der Waals surface area contributed by atoms with Gasteiger partial charge in [-0.3, -0.25) is 4.98 Å². The van der Waals surface area contributed by atoms with Gasteiger partial charge in [0.1, 0.15) is 0 Å². The van der Waals surface area contributed by atoms with Gasteiger partial charge in [-0.25, -0.2) is 22.9 Å². The number of carboxylic acids is 1. The number of pyridine rings is 1. The van der Waals surface area contributed by atoms with Gasteiger partial charge in [-0.1, -0.05) is 0 Å². The second-order valence-corrected chi connectivity index (χ2v) is 6.74. The van der Waals surface area contributed by atoms with Crippen molar-refractivity contribution in [1.82, 2.24) is 14.7 Å². The average Bonchev–Trinajstić information content (AvgIpc) is 2.88. The molecule has 0 aliphatic rings. The van der Waals surface area contributed by atoms with E-state index in [0.29, 0.717) is 0 Å². The minimum atomic E-state index is -3.90. The Kier molecular flexibility index (Phi) is 4.12. The Hall–Kier alpha value is -1.84. The Labute approximate surface area is 119 Å². The molecule has 20 heavy (non-hydrogen) atoms. The third kappa shape index (κ3) is 3.00. The molecule has 0 amide bonds. The standard InChI is InChI=1S/C11H11N3O4S2/c1-7-4-12-3-2-8(7)5-14-20(17,18)11-9(10(15)16)13-6-19-11/h2-4,6,14H,5H2,1H3,(H,15,16). The van der Waals surface area contributed by atoms with Crippen molar-refractivity contribution < 1.29 is 18.3 Å². The van der Waals surface area contributed by atoms with Crippen LogP contribution in [-0.4, -0.2) is 29.5 Å². The largest absolute Gasteiger partial charge is 0.476 e. The quantitative estimate of drug-likeness (QED) is 0.853. The number of sulfonamides is 1. The van der Waals surface area contributed by atoms with E-state index in [0.717, 1.165) is 22.5 Å². The van der Waals surface area contributed by atoms with Crippen LogP contribution in [0.15, 0.2) is 28.2 Å². The molecule has 2 heterocycles. The zero-order valence-electron chi connectivity index (χ0n) is 10.4. The zero-order chi connectivity index (χ0) is 14.8. The van der Waals surface area contributed by atoms with Crippen LogP contribution in [0.4, 0.5) is 0 Å². The molecule has 2 aromatic rings. The molecule has 0 aromatic carbocycles. The molecule has 0 saturated carbocycles. The maximum atomic E-state index is 12.1. The number of carboxylic acid groups (broad SMARTS) is 1. The van der Waals surface area contributed by atoms with Crippen molar-refractivity contribution in [3.8, 4) is 0 Å². The number of aromatic nitrogens is 2. The molecule has 9 heteroatoms. The fourth-order valence-electron chi connectivity index (χ4n) is 1.51. The molecular formula is C11H11N3O4S2. The van der Waals surface area contributed by atoms with Gasteiger partial charge < -0.3 is 5.11 Å². The van der Waals surface area contributed by atoms with Crippen molar-refractivity contribution in [1.29, 1.82) is 0 Å². The number of aromatic carboxylic acids is 1. The summed E-state index contributed by atoms with van der Waals surface area (Å²) in [5.74, 6) is -1.37. The zero-order valence-corrected chi connectivity index (χ0v) is 12.0. The van der Waals surface area contributed by atoms with Gasteiger partial charge in [0.05, 0.1) is 5.51 Å². The molecule has 0 fully saturated rings. The van der Waals surface area contributed by atoms with Gasteiger partial charge in [0.25, 0.3) is 10.0 Å². The second kappa shape index (κ2) is 5.65. The lowest BCUT2D eigenvalue weighted by atomic mass is 10.2. The SMILES string of the molecule is Cc1cnccc1CNS(=O)(=O)c1scnc1C(=O)O. The highest BCUT2D eigenvalue weighted by atomic mass is 32.2. The number of thiazole rings is 1. The highest BCUT2D eigenvalue weighted by molar-refractivity contribution is 7.91. The third-order valence-electron chi connectivity index (χ3n) is 2.57. The number of rotatable bonds is 5. The van der Waals surface area contributed by atoms with E-state index in [9.17, 15) is 13.2 Å². The highest BCUT2D eigenvalue weighted by Gasteiger charge is 2.25. The van der Waals surface area contributed by atoms with E-state index < -0.39 is 21.7 Å². The molecule has 2 aromatic heterocycles. The highest BCUT2D eigenvalue weighted by Crippen LogP contribution is 2.20. The summed E-state index contributed by atoms with van der Waals surface area (Å²) in [5.41, 5.74) is 2.34. The van der Waals surface area contributed by atoms with Crippen LogP contribution in [0.5, 0.6) is 0 Å². The summed E-state index contributed by atoms with van der Waals surface area (Å²) in [6, 6.07) is 1.70. The molecule has 0 atom stereocenters. The number of carbonyl (C=O) groups is 1.